The van der Waals surface area contributed by atoms with Gasteiger partial charge in [0.25, 0.3) is 11.6 Å². The van der Waals surface area contributed by atoms with E-state index in [4.69, 9.17) is 16.3 Å². The number of anilines is 1. The quantitative estimate of drug-likeness (QED) is 0.510. The van der Waals surface area contributed by atoms with Gasteiger partial charge < -0.3 is 10.1 Å². The number of hydrogen-bond donors (Lipinski definition) is 1. The summed E-state index contributed by atoms with van der Waals surface area (Å²) in [6, 6.07) is 9.48. The van der Waals surface area contributed by atoms with E-state index in [0.29, 0.717) is 11.7 Å². The van der Waals surface area contributed by atoms with Gasteiger partial charge in [-0.15, -0.1) is 0 Å². The zero-order valence-electron chi connectivity index (χ0n) is 13.6. The van der Waals surface area contributed by atoms with E-state index in [9.17, 15) is 14.9 Å². The van der Waals surface area contributed by atoms with Gasteiger partial charge in [0.2, 0.25) is 0 Å². The van der Waals surface area contributed by atoms with Crippen LogP contribution >= 0.6 is 27.5 Å². The van der Waals surface area contributed by atoms with Crippen LogP contribution in [0.2, 0.25) is 5.02 Å². The predicted octanol–water partition coefficient (Wildman–Crippen LogP) is 5.15. The van der Waals surface area contributed by atoms with Crippen LogP contribution in [0.15, 0.2) is 40.9 Å². The SMILES string of the molecule is CC(C)c1ccc(OCC(=O)Nc2cc([N+](=O)[O-])ccc2Cl)c(Br)c1. The Morgan fingerprint density at radius 1 is 1.32 bits per heavy atom. The Kier molecular flexibility index (Phi) is 6.39. The lowest BCUT2D eigenvalue weighted by atomic mass is 10.0. The van der Waals surface area contributed by atoms with Gasteiger partial charge in [-0.05, 0) is 45.6 Å². The van der Waals surface area contributed by atoms with Gasteiger partial charge in [-0.3, -0.25) is 14.9 Å². The van der Waals surface area contributed by atoms with E-state index in [-0.39, 0.29) is 23.0 Å². The molecule has 0 aromatic heterocycles. The second-order valence-corrected chi connectivity index (χ2v) is 6.86. The Morgan fingerprint density at radius 2 is 2.04 bits per heavy atom. The predicted molar refractivity (Wildman–Crippen MR) is 100 cm³/mol. The minimum atomic E-state index is -0.560. The van der Waals surface area contributed by atoms with E-state index in [0.717, 1.165) is 10.0 Å². The summed E-state index contributed by atoms with van der Waals surface area (Å²) < 4.78 is 6.24. The molecule has 0 aliphatic heterocycles. The minimum Gasteiger partial charge on any atom is -0.483 e. The van der Waals surface area contributed by atoms with Crippen molar-refractivity contribution >= 4 is 44.8 Å². The number of carbonyl (C=O) groups excluding carboxylic acids is 1. The van der Waals surface area contributed by atoms with Crippen molar-refractivity contribution in [1.82, 2.24) is 0 Å². The highest BCUT2D eigenvalue weighted by Crippen LogP contribution is 2.29. The molecule has 0 spiro atoms. The molecule has 0 bridgehead atoms. The Bertz CT molecular complexity index is 811. The molecule has 2 aromatic rings. The molecule has 1 N–H and O–H groups in total. The van der Waals surface area contributed by atoms with Gasteiger partial charge in [-0.1, -0.05) is 31.5 Å². The van der Waals surface area contributed by atoms with Crippen LogP contribution in [0.1, 0.15) is 25.3 Å². The van der Waals surface area contributed by atoms with Crippen molar-refractivity contribution in [3.63, 3.8) is 0 Å². The van der Waals surface area contributed by atoms with Gasteiger partial charge in [0.15, 0.2) is 6.61 Å². The van der Waals surface area contributed by atoms with Crippen LogP contribution < -0.4 is 10.1 Å². The van der Waals surface area contributed by atoms with Crippen molar-refractivity contribution in [1.29, 1.82) is 0 Å². The number of ether oxygens (including phenoxy) is 1. The zero-order valence-corrected chi connectivity index (χ0v) is 15.9. The first-order valence-electron chi connectivity index (χ1n) is 7.44. The molecule has 0 aliphatic rings. The van der Waals surface area contributed by atoms with Crippen LogP contribution in [0, 0.1) is 10.1 Å². The number of rotatable bonds is 6. The fourth-order valence-electron chi connectivity index (χ4n) is 2.05. The van der Waals surface area contributed by atoms with Gasteiger partial charge in [0.05, 0.1) is 20.1 Å². The summed E-state index contributed by atoms with van der Waals surface area (Å²) >= 11 is 9.37. The number of nitrogens with one attached hydrogen (secondary N) is 1. The molecular weight excluding hydrogens is 412 g/mol. The highest BCUT2D eigenvalue weighted by Gasteiger charge is 2.13. The third-order valence-corrected chi connectivity index (χ3v) is 4.37. The van der Waals surface area contributed by atoms with Crippen molar-refractivity contribution in [2.45, 2.75) is 19.8 Å². The molecule has 0 aliphatic carbocycles. The molecule has 0 unspecified atom stereocenters. The summed E-state index contributed by atoms with van der Waals surface area (Å²) in [5.41, 5.74) is 1.15. The summed E-state index contributed by atoms with van der Waals surface area (Å²) in [7, 11) is 0. The number of hydrogen-bond acceptors (Lipinski definition) is 4. The van der Waals surface area contributed by atoms with E-state index in [1.165, 1.54) is 18.2 Å². The number of nitro groups is 1. The Balaban J connectivity index is 2.02. The molecule has 1 amide bonds. The van der Waals surface area contributed by atoms with Crippen LogP contribution in [-0.2, 0) is 4.79 Å². The van der Waals surface area contributed by atoms with Gasteiger partial charge >= 0.3 is 0 Å². The summed E-state index contributed by atoms with van der Waals surface area (Å²) in [6.45, 7) is 3.91. The molecule has 0 radical (unpaired) electrons. The molecule has 2 rings (SSSR count). The highest BCUT2D eigenvalue weighted by molar-refractivity contribution is 9.10. The van der Waals surface area contributed by atoms with E-state index in [2.05, 4.69) is 35.1 Å². The van der Waals surface area contributed by atoms with E-state index in [1.807, 2.05) is 12.1 Å². The molecule has 6 nitrogen and oxygen atoms in total. The monoisotopic (exact) mass is 426 g/mol. The van der Waals surface area contributed by atoms with Crippen molar-refractivity contribution in [2.75, 3.05) is 11.9 Å². The maximum absolute atomic E-state index is 12.0. The van der Waals surface area contributed by atoms with Crippen LogP contribution in [0.5, 0.6) is 5.75 Å². The molecule has 2 aromatic carbocycles. The third kappa shape index (κ3) is 5.17. The lowest BCUT2D eigenvalue weighted by molar-refractivity contribution is -0.384. The smallest absolute Gasteiger partial charge is 0.271 e. The second kappa shape index (κ2) is 8.31. The average Bonchev–Trinajstić information content (AvgIpc) is 2.55. The lowest BCUT2D eigenvalue weighted by Crippen LogP contribution is -2.20. The maximum Gasteiger partial charge on any atom is 0.271 e. The Morgan fingerprint density at radius 3 is 2.64 bits per heavy atom. The topological polar surface area (TPSA) is 81.5 Å². The summed E-state index contributed by atoms with van der Waals surface area (Å²) in [5.74, 6) is 0.441. The third-order valence-electron chi connectivity index (χ3n) is 3.42. The van der Waals surface area contributed by atoms with Gasteiger partial charge in [-0.25, -0.2) is 0 Å². The molecule has 0 saturated heterocycles. The molecule has 0 atom stereocenters. The summed E-state index contributed by atoms with van der Waals surface area (Å²) in [6.07, 6.45) is 0. The van der Waals surface area contributed by atoms with Gasteiger partial charge in [-0.2, -0.15) is 0 Å². The number of amides is 1. The average molecular weight is 428 g/mol. The van der Waals surface area contributed by atoms with Crippen LogP contribution in [0.25, 0.3) is 0 Å². The number of nitrogens with zero attached hydrogens (tertiary/aromatic N) is 1. The number of nitro benzene ring substituents is 1. The van der Waals surface area contributed by atoms with E-state index < -0.39 is 10.8 Å². The normalized spacial score (nSPS) is 10.6. The van der Waals surface area contributed by atoms with Gasteiger partial charge in [0, 0.05) is 12.1 Å². The van der Waals surface area contributed by atoms with Crippen molar-refractivity contribution in [2.24, 2.45) is 0 Å². The standard InChI is InChI=1S/C17H16BrClN2O4/c1-10(2)11-3-6-16(13(18)7-11)25-9-17(22)20-15-8-12(21(23)24)4-5-14(15)19/h3-8,10H,9H2,1-2H3,(H,20,22). The molecule has 25 heavy (non-hydrogen) atoms. The van der Waals surface area contributed by atoms with Crippen LogP contribution in [-0.4, -0.2) is 17.4 Å². The molecule has 0 heterocycles. The fraction of sp³-hybridized carbons (Fsp3) is 0.235. The van der Waals surface area contributed by atoms with Crippen molar-refractivity contribution in [3.8, 4) is 5.75 Å². The number of halogens is 2. The first-order valence-corrected chi connectivity index (χ1v) is 8.61. The van der Waals surface area contributed by atoms with E-state index >= 15 is 0 Å². The van der Waals surface area contributed by atoms with Crippen LogP contribution in [0.4, 0.5) is 11.4 Å². The van der Waals surface area contributed by atoms with Crippen molar-refractivity contribution < 1.29 is 14.5 Å². The minimum absolute atomic E-state index is 0.160. The lowest BCUT2D eigenvalue weighted by Gasteiger charge is -2.12. The largest absolute Gasteiger partial charge is 0.483 e. The first kappa shape index (κ1) is 19.2. The number of carbonyl (C=O) groups is 1. The van der Waals surface area contributed by atoms with E-state index in [1.54, 1.807) is 6.07 Å². The number of benzene rings is 2. The molecule has 0 saturated carbocycles. The fourth-order valence-corrected chi connectivity index (χ4v) is 2.72. The number of non-ortho nitro benzene ring substituents is 1. The van der Waals surface area contributed by atoms with Crippen molar-refractivity contribution in [3.05, 3.63) is 61.6 Å². The maximum atomic E-state index is 12.0. The Labute approximate surface area is 158 Å². The molecule has 8 heteroatoms. The molecule has 132 valence electrons. The molecular formula is C17H16BrClN2O4. The zero-order chi connectivity index (χ0) is 18.6. The second-order valence-electron chi connectivity index (χ2n) is 5.60. The Hall–Kier alpha value is -2.12. The first-order chi connectivity index (χ1) is 11.8. The molecule has 0 fully saturated rings. The highest BCUT2D eigenvalue weighted by atomic mass is 79.9. The summed E-state index contributed by atoms with van der Waals surface area (Å²) in [4.78, 5) is 22.3. The van der Waals surface area contributed by atoms with Crippen LogP contribution in [0.3, 0.4) is 0 Å². The summed E-state index contributed by atoms with van der Waals surface area (Å²) in [5, 5.41) is 13.5. The van der Waals surface area contributed by atoms with Gasteiger partial charge in [0.1, 0.15) is 5.75 Å².